The second-order valence-electron chi connectivity index (χ2n) is 5.63. The third-order valence-corrected chi connectivity index (χ3v) is 4.62. The molecule has 0 fully saturated rings. The average molecular weight is 402 g/mol. The number of H-pyrrole nitrogens is 1. The summed E-state index contributed by atoms with van der Waals surface area (Å²) in [5, 5.41) is 14.1. The Bertz CT molecular complexity index is 1020. The van der Waals surface area contributed by atoms with E-state index in [-0.39, 0.29) is 23.0 Å². The highest BCUT2D eigenvalue weighted by atomic mass is 32.2. The second kappa shape index (κ2) is 8.61. The maximum Gasteiger partial charge on any atom is 0.271 e. The molecule has 0 unspecified atom stereocenters. The first kappa shape index (κ1) is 19.5. The molecule has 0 saturated heterocycles. The van der Waals surface area contributed by atoms with Gasteiger partial charge in [0.05, 0.1) is 41.1 Å². The summed E-state index contributed by atoms with van der Waals surface area (Å²) in [6, 6.07) is 9.55. The standard InChI is InChI=1S/C18H18N4O5S/c1-3-27-12-5-6-13-14(9-12)21-18(20-13)28-10-17(23)19-15-8-11(22(24)25)4-7-16(15)26-2/h4-9H,3,10H2,1-2H3,(H,19,23)(H,20,21). The van der Waals surface area contributed by atoms with E-state index in [1.54, 1.807) is 0 Å². The molecule has 1 heterocycles. The number of fused-ring (bicyclic) bond motifs is 1. The number of hydrogen-bond donors (Lipinski definition) is 2. The van der Waals surface area contributed by atoms with Crippen LogP contribution < -0.4 is 14.8 Å². The lowest BCUT2D eigenvalue weighted by atomic mass is 10.2. The molecular weight excluding hydrogens is 384 g/mol. The number of nitro benzene ring substituents is 1. The number of ether oxygens (including phenoxy) is 2. The van der Waals surface area contributed by atoms with Crippen LogP contribution in [0, 0.1) is 10.1 Å². The van der Waals surface area contributed by atoms with E-state index >= 15 is 0 Å². The SMILES string of the molecule is CCOc1ccc2nc(SCC(=O)Nc3cc([N+](=O)[O-])ccc3OC)[nH]c2c1. The normalized spacial score (nSPS) is 10.6. The minimum Gasteiger partial charge on any atom is -0.495 e. The molecule has 2 aromatic carbocycles. The van der Waals surface area contributed by atoms with E-state index < -0.39 is 4.92 Å². The number of non-ortho nitro benzene ring substituents is 1. The van der Waals surface area contributed by atoms with Crippen molar-refractivity contribution >= 4 is 40.1 Å². The van der Waals surface area contributed by atoms with E-state index in [9.17, 15) is 14.9 Å². The Morgan fingerprint density at radius 2 is 2.14 bits per heavy atom. The molecule has 0 aliphatic rings. The third-order valence-electron chi connectivity index (χ3n) is 3.75. The lowest BCUT2D eigenvalue weighted by Crippen LogP contribution is -2.15. The number of nitro groups is 1. The van der Waals surface area contributed by atoms with Crippen LogP contribution in [-0.2, 0) is 4.79 Å². The fraction of sp³-hybridized carbons (Fsp3) is 0.222. The summed E-state index contributed by atoms with van der Waals surface area (Å²) in [6.07, 6.45) is 0. The van der Waals surface area contributed by atoms with Crippen LogP contribution in [0.2, 0.25) is 0 Å². The van der Waals surface area contributed by atoms with E-state index in [4.69, 9.17) is 9.47 Å². The van der Waals surface area contributed by atoms with Gasteiger partial charge >= 0.3 is 0 Å². The molecule has 0 spiro atoms. The van der Waals surface area contributed by atoms with E-state index in [0.29, 0.717) is 17.5 Å². The summed E-state index contributed by atoms with van der Waals surface area (Å²) in [5.74, 6) is 0.824. The maximum atomic E-state index is 12.3. The largest absolute Gasteiger partial charge is 0.495 e. The van der Waals surface area contributed by atoms with Crippen LogP contribution in [0.5, 0.6) is 11.5 Å². The summed E-state index contributed by atoms with van der Waals surface area (Å²) >= 11 is 1.22. The average Bonchev–Trinajstić information content (AvgIpc) is 3.09. The van der Waals surface area contributed by atoms with Crippen molar-refractivity contribution < 1.29 is 19.2 Å². The Labute approximate surface area is 164 Å². The predicted octanol–water partition coefficient (Wildman–Crippen LogP) is 3.61. The van der Waals surface area contributed by atoms with Gasteiger partial charge in [-0.3, -0.25) is 14.9 Å². The molecule has 3 aromatic rings. The number of aromatic nitrogens is 2. The molecule has 0 aliphatic carbocycles. The molecule has 0 saturated carbocycles. The molecule has 3 rings (SSSR count). The lowest BCUT2D eigenvalue weighted by molar-refractivity contribution is -0.384. The Balaban J connectivity index is 1.66. The number of benzene rings is 2. The molecule has 146 valence electrons. The Hall–Kier alpha value is -3.27. The molecule has 2 N–H and O–H groups in total. The second-order valence-corrected chi connectivity index (χ2v) is 6.60. The molecule has 0 bridgehead atoms. The number of hydrogen-bond acceptors (Lipinski definition) is 7. The van der Waals surface area contributed by atoms with Gasteiger partial charge in [-0.1, -0.05) is 11.8 Å². The van der Waals surface area contributed by atoms with Crippen LogP contribution in [-0.4, -0.2) is 40.3 Å². The van der Waals surface area contributed by atoms with Gasteiger partial charge < -0.3 is 19.8 Å². The summed E-state index contributed by atoms with van der Waals surface area (Å²) in [5.41, 5.74) is 1.69. The van der Waals surface area contributed by atoms with Crippen molar-refractivity contribution in [2.24, 2.45) is 0 Å². The number of rotatable bonds is 8. The number of nitrogens with one attached hydrogen (secondary N) is 2. The van der Waals surface area contributed by atoms with E-state index in [1.165, 1.54) is 37.1 Å². The number of anilines is 1. The first-order valence-corrected chi connectivity index (χ1v) is 9.36. The number of carbonyl (C=O) groups is 1. The van der Waals surface area contributed by atoms with Gasteiger partial charge in [-0.25, -0.2) is 4.98 Å². The zero-order valence-corrected chi connectivity index (χ0v) is 16.0. The van der Waals surface area contributed by atoms with E-state index in [0.717, 1.165) is 16.8 Å². The zero-order chi connectivity index (χ0) is 20.1. The molecule has 10 heteroatoms. The molecule has 1 amide bonds. The van der Waals surface area contributed by atoms with Gasteiger partial charge in [-0.05, 0) is 25.1 Å². The minimum atomic E-state index is -0.533. The molecule has 0 atom stereocenters. The lowest BCUT2D eigenvalue weighted by Gasteiger charge is -2.09. The van der Waals surface area contributed by atoms with Gasteiger partial charge in [0.1, 0.15) is 11.5 Å². The van der Waals surface area contributed by atoms with Crippen molar-refractivity contribution in [1.29, 1.82) is 0 Å². The molecule has 28 heavy (non-hydrogen) atoms. The van der Waals surface area contributed by atoms with Crippen molar-refractivity contribution in [3.05, 3.63) is 46.5 Å². The van der Waals surface area contributed by atoms with Crippen molar-refractivity contribution in [3.8, 4) is 11.5 Å². The number of imidazole rings is 1. The fourth-order valence-electron chi connectivity index (χ4n) is 2.52. The van der Waals surface area contributed by atoms with Crippen LogP contribution in [0.3, 0.4) is 0 Å². The van der Waals surface area contributed by atoms with Gasteiger partial charge in [0.25, 0.3) is 5.69 Å². The first-order valence-electron chi connectivity index (χ1n) is 8.37. The quantitative estimate of drug-likeness (QED) is 0.335. The van der Waals surface area contributed by atoms with Crippen LogP contribution >= 0.6 is 11.8 Å². The summed E-state index contributed by atoms with van der Waals surface area (Å²) in [6.45, 7) is 2.48. The summed E-state index contributed by atoms with van der Waals surface area (Å²) in [4.78, 5) is 30.2. The summed E-state index contributed by atoms with van der Waals surface area (Å²) < 4.78 is 10.6. The number of carbonyl (C=O) groups excluding carboxylic acids is 1. The monoisotopic (exact) mass is 402 g/mol. The molecule has 0 radical (unpaired) electrons. The molecule has 9 nitrogen and oxygen atoms in total. The maximum absolute atomic E-state index is 12.3. The van der Waals surface area contributed by atoms with Gasteiger partial charge in [0.15, 0.2) is 5.16 Å². The molecular formula is C18H18N4O5S. The number of nitrogens with zero attached hydrogens (tertiary/aromatic N) is 2. The molecule has 1 aromatic heterocycles. The third kappa shape index (κ3) is 4.52. The van der Waals surface area contributed by atoms with Crippen LogP contribution in [0.1, 0.15) is 6.92 Å². The Morgan fingerprint density at radius 1 is 1.32 bits per heavy atom. The Morgan fingerprint density at radius 3 is 2.86 bits per heavy atom. The van der Waals surface area contributed by atoms with Crippen molar-refractivity contribution in [3.63, 3.8) is 0 Å². The highest BCUT2D eigenvalue weighted by molar-refractivity contribution is 7.99. The topological polar surface area (TPSA) is 119 Å². The van der Waals surface area contributed by atoms with Gasteiger partial charge in [0.2, 0.25) is 5.91 Å². The number of thioether (sulfide) groups is 1. The Kier molecular flexibility index (Phi) is 5.99. The van der Waals surface area contributed by atoms with Gasteiger partial charge in [0, 0.05) is 18.2 Å². The van der Waals surface area contributed by atoms with Crippen molar-refractivity contribution in [2.75, 3.05) is 24.8 Å². The number of aromatic amines is 1. The van der Waals surface area contributed by atoms with Gasteiger partial charge in [-0.2, -0.15) is 0 Å². The van der Waals surface area contributed by atoms with Crippen LogP contribution in [0.4, 0.5) is 11.4 Å². The van der Waals surface area contributed by atoms with Crippen LogP contribution in [0.15, 0.2) is 41.6 Å². The van der Waals surface area contributed by atoms with E-state index in [1.807, 2.05) is 25.1 Å². The smallest absolute Gasteiger partial charge is 0.271 e. The predicted molar refractivity (Wildman–Crippen MR) is 106 cm³/mol. The number of amides is 1. The van der Waals surface area contributed by atoms with Crippen molar-refractivity contribution in [1.82, 2.24) is 9.97 Å². The summed E-state index contributed by atoms with van der Waals surface area (Å²) in [7, 11) is 1.43. The first-order chi connectivity index (χ1) is 13.5. The zero-order valence-electron chi connectivity index (χ0n) is 15.2. The van der Waals surface area contributed by atoms with E-state index in [2.05, 4.69) is 15.3 Å². The fourth-order valence-corrected chi connectivity index (χ4v) is 3.20. The minimum absolute atomic E-state index is 0.0734. The van der Waals surface area contributed by atoms with Crippen molar-refractivity contribution in [2.45, 2.75) is 12.1 Å². The molecule has 0 aliphatic heterocycles. The number of methoxy groups -OCH3 is 1. The highest BCUT2D eigenvalue weighted by Gasteiger charge is 2.14. The van der Waals surface area contributed by atoms with Crippen LogP contribution in [0.25, 0.3) is 11.0 Å². The van der Waals surface area contributed by atoms with Gasteiger partial charge in [-0.15, -0.1) is 0 Å². The highest BCUT2D eigenvalue weighted by Crippen LogP contribution is 2.29.